The molecule has 0 amide bonds. The van der Waals surface area contributed by atoms with Crippen molar-refractivity contribution in [2.45, 2.75) is 32.7 Å². The van der Waals surface area contributed by atoms with E-state index in [4.69, 9.17) is 31.0 Å². The van der Waals surface area contributed by atoms with Gasteiger partial charge in [0.1, 0.15) is 22.2 Å². The van der Waals surface area contributed by atoms with Crippen LogP contribution < -0.4 is 10.1 Å². The Hall–Kier alpha value is -1.93. The number of halogens is 1. The highest BCUT2D eigenvalue weighted by molar-refractivity contribution is 7.19. The molecule has 1 atom stereocenters. The van der Waals surface area contributed by atoms with Gasteiger partial charge in [0.05, 0.1) is 37.3 Å². The lowest BCUT2D eigenvalue weighted by Gasteiger charge is -2.26. The van der Waals surface area contributed by atoms with Gasteiger partial charge in [-0.25, -0.2) is 9.97 Å². The summed E-state index contributed by atoms with van der Waals surface area (Å²) in [5, 5.41) is 5.28. The number of hydrogen-bond donors (Lipinski definition) is 1. The average Bonchev–Trinajstić information content (AvgIpc) is 3.12. The van der Waals surface area contributed by atoms with Crippen molar-refractivity contribution in [3.8, 4) is 5.75 Å². The fourth-order valence-electron chi connectivity index (χ4n) is 4.39. The molecule has 0 unspecified atom stereocenters. The number of hydrogen-bond acceptors (Lipinski definition) is 7. The fourth-order valence-corrected chi connectivity index (χ4v) is 6.05. The number of morpholine rings is 1. The second-order valence-electron chi connectivity index (χ2n) is 8.38. The summed E-state index contributed by atoms with van der Waals surface area (Å²) in [6.07, 6.45) is 3.42. The standard InChI is InChI=1S/C23H27ClN4O2S/c1-14-3-5-16-19(11-14)31-23-21(16)22(25-15-4-6-18(29-2)17(24)12-15)26-20(27-23)13-28-7-9-30-10-8-28/h4,6,12,14H,3,5,7-11,13H2,1-2H3,(H,25,26,27)/t14-/m0/s1. The number of nitrogens with one attached hydrogen (secondary N) is 1. The second-order valence-corrected chi connectivity index (χ2v) is 9.87. The summed E-state index contributed by atoms with van der Waals surface area (Å²) in [6, 6.07) is 5.74. The normalized spacial score (nSPS) is 19.4. The third-order valence-electron chi connectivity index (χ3n) is 6.08. The van der Waals surface area contributed by atoms with Crippen molar-refractivity contribution in [3.63, 3.8) is 0 Å². The SMILES string of the molecule is COc1ccc(Nc2nc(CN3CCOCC3)nc3sc4c(c23)CC[C@H](C)C4)cc1Cl. The lowest BCUT2D eigenvalue weighted by Crippen LogP contribution is -2.36. The van der Waals surface area contributed by atoms with Crippen molar-refractivity contribution in [2.24, 2.45) is 5.92 Å². The van der Waals surface area contributed by atoms with E-state index >= 15 is 0 Å². The van der Waals surface area contributed by atoms with Crippen LogP contribution in [-0.4, -0.2) is 48.3 Å². The number of rotatable bonds is 5. The number of methoxy groups -OCH3 is 1. The van der Waals surface area contributed by atoms with Gasteiger partial charge >= 0.3 is 0 Å². The van der Waals surface area contributed by atoms with Crippen molar-refractivity contribution in [2.75, 3.05) is 38.7 Å². The first-order valence-corrected chi connectivity index (χ1v) is 12.0. The predicted octanol–water partition coefficient (Wildman–Crippen LogP) is 5.05. The van der Waals surface area contributed by atoms with E-state index in [-0.39, 0.29) is 0 Å². The van der Waals surface area contributed by atoms with E-state index in [0.29, 0.717) is 10.8 Å². The van der Waals surface area contributed by atoms with E-state index in [2.05, 4.69) is 17.1 Å². The highest BCUT2D eigenvalue weighted by atomic mass is 35.5. The maximum Gasteiger partial charge on any atom is 0.146 e. The Bertz CT molecular complexity index is 1100. The van der Waals surface area contributed by atoms with Gasteiger partial charge in [-0.1, -0.05) is 18.5 Å². The van der Waals surface area contributed by atoms with Crippen molar-refractivity contribution in [1.29, 1.82) is 0 Å². The Morgan fingerprint density at radius 3 is 2.90 bits per heavy atom. The molecule has 1 N–H and O–H groups in total. The van der Waals surface area contributed by atoms with Gasteiger partial charge in [-0.05, 0) is 48.9 Å². The zero-order valence-electron chi connectivity index (χ0n) is 17.9. The largest absolute Gasteiger partial charge is 0.495 e. The highest BCUT2D eigenvalue weighted by Gasteiger charge is 2.25. The van der Waals surface area contributed by atoms with Crippen LogP contribution in [0.25, 0.3) is 10.2 Å². The monoisotopic (exact) mass is 458 g/mol. The van der Waals surface area contributed by atoms with Crippen molar-refractivity contribution < 1.29 is 9.47 Å². The summed E-state index contributed by atoms with van der Waals surface area (Å²) in [5.41, 5.74) is 2.31. The second kappa shape index (κ2) is 8.90. The molecule has 1 saturated heterocycles. The van der Waals surface area contributed by atoms with Crippen LogP contribution in [0.15, 0.2) is 18.2 Å². The van der Waals surface area contributed by atoms with Gasteiger partial charge in [-0.15, -0.1) is 11.3 Å². The van der Waals surface area contributed by atoms with Gasteiger partial charge < -0.3 is 14.8 Å². The summed E-state index contributed by atoms with van der Waals surface area (Å²) in [6.45, 7) is 6.43. The number of aryl methyl sites for hydroxylation is 1. The number of nitrogens with zero attached hydrogens (tertiary/aromatic N) is 3. The molecule has 164 valence electrons. The minimum atomic E-state index is 0.576. The molecule has 0 bridgehead atoms. The number of thiophene rings is 1. The van der Waals surface area contributed by atoms with Crippen LogP contribution in [0.5, 0.6) is 5.75 Å². The summed E-state index contributed by atoms with van der Waals surface area (Å²) in [7, 11) is 1.62. The third-order valence-corrected chi connectivity index (χ3v) is 7.53. The highest BCUT2D eigenvalue weighted by Crippen LogP contribution is 2.41. The number of ether oxygens (including phenoxy) is 2. The third kappa shape index (κ3) is 4.37. The Morgan fingerprint density at radius 2 is 2.13 bits per heavy atom. The molecule has 2 aromatic heterocycles. The van der Waals surface area contributed by atoms with Gasteiger partial charge in [-0.2, -0.15) is 0 Å². The number of anilines is 2. The van der Waals surface area contributed by atoms with Crippen LogP contribution in [0.1, 0.15) is 29.6 Å². The predicted molar refractivity (Wildman–Crippen MR) is 126 cm³/mol. The Kier molecular flexibility index (Phi) is 6.01. The zero-order valence-corrected chi connectivity index (χ0v) is 19.5. The van der Waals surface area contributed by atoms with Gasteiger partial charge in [0.2, 0.25) is 0 Å². The van der Waals surface area contributed by atoms with E-state index in [1.165, 1.54) is 22.2 Å². The molecule has 0 saturated carbocycles. The molecular formula is C23H27ClN4O2S. The molecule has 1 fully saturated rings. The molecule has 0 radical (unpaired) electrons. The van der Waals surface area contributed by atoms with Crippen molar-refractivity contribution >= 4 is 44.7 Å². The van der Waals surface area contributed by atoms with Gasteiger partial charge in [0.25, 0.3) is 0 Å². The van der Waals surface area contributed by atoms with E-state index in [1.807, 2.05) is 29.5 Å². The van der Waals surface area contributed by atoms with Crippen molar-refractivity contribution in [3.05, 3.63) is 39.5 Å². The van der Waals surface area contributed by atoms with E-state index in [9.17, 15) is 0 Å². The molecule has 2 aliphatic rings. The average molecular weight is 459 g/mol. The number of benzene rings is 1. The van der Waals surface area contributed by atoms with Gasteiger partial charge in [0.15, 0.2) is 0 Å². The summed E-state index contributed by atoms with van der Waals surface area (Å²) in [5.74, 6) is 3.11. The molecule has 3 aromatic rings. The minimum Gasteiger partial charge on any atom is -0.495 e. The number of fused-ring (bicyclic) bond motifs is 3. The molecule has 6 nitrogen and oxygen atoms in total. The molecule has 1 aromatic carbocycles. The summed E-state index contributed by atoms with van der Waals surface area (Å²) >= 11 is 8.20. The first-order chi connectivity index (χ1) is 15.1. The molecule has 0 spiro atoms. The van der Waals surface area contributed by atoms with Crippen LogP contribution in [0, 0.1) is 5.92 Å². The Labute approximate surface area is 191 Å². The lowest BCUT2D eigenvalue weighted by molar-refractivity contribution is 0.0331. The molecule has 1 aliphatic carbocycles. The van der Waals surface area contributed by atoms with Crippen molar-refractivity contribution in [1.82, 2.24) is 14.9 Å². The van der Waals surface area contributed by atoms with Crippen LogP contribution in [0.3, 0.4) is 0 Å². The summed E-state index contributed by atoms with van der Waals surface area (Å²) < 4.78 is 10.8. The maximum atomic E-state index is 6.37. The maximum absolute atomic E-state index is 6.37. The van der Waals surface area contributed by atoms with Crippen LogP contribution in [0.4, 0.5) is 11.5 Å². The van der Waals surface area contributed by atoms with E-state index < -0.39 is 0 Å². The van der Waals surface area contributed by atoms with Crippen LogP contribution in [0.2, 0.25) is 5.02 Å². The Morgan fingerprint density at radius 1 is 1.29 bits per heavy atom. The first kappa shape index (κ1) is 20.9. The summed E-state index contributed by atoms with van der Waals surface area (Å²) in [4.78, 5) is 14.9. The molecule has 1 aliphatic heterocycles. The van der Waals surface area contributed by atoms with E-state index in [0.717, 1.165) is 73.8 Å². The molecule has 3 heterocycles. The van der Waals surface area contributed by atoms with Gasteiger partial charge in [-0.3, -0.25) is 4.90 Å². The van der Waals surface area contributed by atoms with E-state index in [1.54, 1.807) is 7.11 Å². The first-order valence-electron chi connectivity index (χ1n) is 10.8. The quantitative estimate of drug-likeness (QED) is 0.577. The smallest absolute Gasteiger partial charge is 0.146 e. The molecule has 31 heavy (non-hydrogen) atoms. The Balaban J connectivity index is 1.55. The lowest BCUT2D eigenvalue weighted by atomic mass is 9.89. The van der Waals surface area contributed by atoms with Crippen LogP contribution in [-0.2, 0) is 24.1 Å². The minimum absolute atomic E-state index is 0.576. The molecule has 8 heteroatoms. The zero-order chi connectivity index (χ0) is 21.4. The van der Waals surface area contributed by atoms with Gasteiger partial charge in [0, 0.05) is 23.7 Å². The molecular weight excluding hydrogens is 432 g/mol. The van der Waals surface area contributed by atoms with Crippen LogP contribution >= 0.6 is 22.9 Å². The number of aromatic nitrogens is 2. The topological polar surface area (TPSA) is 59.5 Å². The fraction of sp³-hybridized carbons (Fsp3) is 0.478. The molecule has 5 rings (SSSR count).